The zero-order valence-corrected chi connectivity index (χ0v) is 14.7. The Hall–Kier alpha value is -2.54. The summed E-state index contributed by atoms with van der Waals surface area (Å²) in [5.41, 5.74) is 1.11. The number of carbonyl (C=O) groups is 1. The summed E-state index contributed by atoms with van der Waals surface area (Å²) in [7, 11) is 0. The van der Waals surface area contributed by atoms with E-state index in [-0.39, 0.29) is 17.7 Å². The number of nitrogens with one attached hydrogen (secondary N) is 1. The highest BCUT2D eigenvalue weighted by atomic mass is 32.2. The summed E-state index contributed by atoms with van der Waals surface area (Å²) in [6, 6.07) is 13.5. The van der Waals surface area contributed by atoms with E-state index in [9.17, 15) is 4.79 Å². The average Bonchev–Trinajstić information content (AvgIpc) is 3.32. The van der Waals surface area contributed by atoms with Crippen LogP contribution < -0.4 is 5.32 Å². The minimum atomic E-state index is -0.0648. The topological polar surface area (TPSA) is 81.2 Å². The van der Waals surface area contributed by atoms with E-state index < -0.39 is 0 Å². The van der Waals surface area contributed by atoms with E-state index in [0.29, 0.717) is 16.9 Å². The second kappa shape index (κ2) is 8.53. The molecule has 0 aliphatic heterocycles. The van der Waals surface area contributed by atoms with Crippen LogP contribution in [0.3, 0.4) is 0 Å². The number of rotatable bonds is 8. The number of amides is 1. The van der Waals surface area contributed by atoms with Crippen LogP contribution in [0.4, 0.5) is 0 Å². The van der Waals surface area contributed by atoms with Gasteiger partial charge in [0.25, 0.3) is 11.1 Å². The molecule has 0 radical (unpaired) electrons. The zero-order valence-electron chi connectivity index (χ0n) is 13.8. The number of carbonyl (C=O) groups excluding carboxylic acids is 1. The SMILES string of the molecule is CCC[C@@H](NC(=O)CSc1nnc(-c2ccco2)o1)c1ccccc1. The van der Waals surface area contributed by atoms with E-state index in [1.807, 2.05) is 30.3 Å². The van der Waals surface area contributed by atoms with Crippen LogP contribution in [-0.4, -0.2) is 21.9 Å². The lowest BCUT2D eigenvalue weighted by molar-refractivity contribution is -0.119. The van der Waals surface area contributed by atoms with Gasteiger partial charge in [0.1, 0.15) is 0 Å². The number of thioether (sulfide) groups is 1. The maximum atomic E-state index is 12.3. The highest BCUT2D eigenvalue weighted by molar-refractivity contribution is 7.99. The van der Waals surface area contributed by atoms with E-state index >= 15 is 0 Å². The van der Waals surface area contributed by atoms with Gasteiger partial charge in [-0.1, -0.05) is 55.4 Å². The van der Waals surface area contributed by atoms with E-state index in [4.69, 9.17) is 8.83 Å². The van der Waals surface area contributed by atoms with Crippen LogP contribution in [0.25, 0.3) is 11.7 Å². The monoisotopic (exact) mass is 357 g/mol. The summed E-state index contributed by atoms with van der Waals surface area (Å²) in [5.74, 6) is 0.967. The van der Waals surface area contributed by atoms with Crippen molar-refractivity contribution in [1.82, 2.24) is 15.5 Å². The van der Waals surface area contributed by atoms with Crippen LogP contribution in [0.1, 0.15) is 31.4 Å². The molecule has 0 saturated carbocycles. The minimum absolute atomic E-state index is 0.0145. The van der Waals surface area contributed by atoms with Gasteiger partial charge in [-0.15, -0.1) is 10.2 Å². The predicted molar refractivity (Wildman–Crippen MR) is 95.0 cm³/mol. The van der Waals surface area contributed by atoms with Gasteiger partial charge in [0.05, 0.1) is 18.1 Å². The van der Waals surface area contributed by atoms with Gasteiger partial charge in [-0.05, 0) is 24.1 Å². The first kappa shape index (κ1) is 17.3. The molecule has 0 aliphatic carbocycles. The van der Waals surface area contributed by atoms with E-state index in [2.05, 4.69) is 22.4 Å². The summed E-state index contributed by atoms with van der Waals surface area (Å²) in [5, 5.41) is 11.2. The zero-order chi connectivity index (χ0) is 17.5. The Labute approximate surface area is 150 Å². The lowest BCUT2D eigenvalue weighted by atomic mass is 10.0. The molecule has 1 atom stereocenters. The molecule has 130 valence electrons. The predicted octanol–water partition coefficient (Wildman–Crippen LogP) is 4.08. The van der Waals surface area contributed by atoms with Crippen molar-refractivity contribution < 1.29 is 13.6 Å². The smallest absolute Gasteiger partial charge is 0.284 e. The van der Waals surface area contributed by atoms with E-state index in [1.165, 1.54) is 18.0 Å². The Bertz CT molecular complexity index is 787. The van der Waals surface area contributed by atoms with Crippen molar-refractivity contribution in [3.05, 3.63) is 54.3 Å². The van der Waals surface area contributed by atoms with Gasteiger partial charge in [-0.2, -0.15) is 0 Å². The molecule has 6 nitrogen and oxygen atoms in total. The molecule has 25 heavy (non-hydrogen) atoms. The van der Waals surface area contributed by atoms with Gasteiger partial charge in [0, 0.05) is 0 Å². The highest BCUT2D eigenvalue weighted by Crippen LogP contribution is 2.24. The molecule has 1 N–H and O–H groups in total. The molecule has 0 fully saturated rings. The number of furan rings is 1. The Kier molecular flexibility index (Phi) is 5.90. The molecule has 3 rings (SSSR count). The number of hydrogen-bond donors (Lipinski definition) is 1. The van der Waals surface area contributed by atoms with Crippen molar-refractivity contribution >= 4 is 17.7 Å². The summed E-state index contributed by atoms with van der Waals surface area (Å²) >= 11 is 1.21. The molecule has 2 aromatic heterocycles. The molecule has 3 aromatic rings. The third-order valence-electron chi connectivity index (χ3n) is 3.58. The van der Waals surface area contributed by atoms with Crippen molar-refractivity contribution in [2.75, 3.05) is 5.75 Å². The molecule has 1 aromatic carbocycles. The molecule has 0 bridgehead atoms. The lowest BCUT2D eigenvalue weighted by Gasteiger charge is -2.18. The lowest BCUT2D eigenvalue weighted by Crippen LogP contribution is -2.29. The van der Waals surface area contributed by atoms with Crippen molar-refractivity contribution in [2.45, 2.75) is 31.0 Å². The fourth-order valence-electron chi connectivity index (χ4n) is 2.43. The van der Waals surface area contributed by atoms with Crippen molar-refractivity contribution in [2.24, 2.45) is 0 Å². The van der Waals surface area contributed by atoms with Crippen molar-refractivity contribution in [3.8, 4) is 11.7 Å². The number of hydrogen-bond acceptors (Lipinski definition) is 6. The molecule has 0 aliphatic rings. The Morgan fingerprint density at radius 1 is 1.20 bits per heavy atom. The first-order valence-electron chi connectivity index (χ1n) is 8.10. The molecular weight excluding hydrogens is 338 g/mol. The third kappa shape index (κ3) is 4.73. The first-order valence-corrected chi connectivity index (χ1v) is 9.09. The van der Waals surface area contributed by atoms with Gasteiger partial charge in [0.15, 0.2) is 5.76 Å². The maximum absolute atomic E-state index is 12.3. The minimum Gasteiger partial charge on any atom is -0.459 e. The standard InChI is InChI=1S/C18H19N3O3S/c1-2-7-14(13-8-4-3-5-9-13)19-16(22)12-25-18-21-20-17(24-18)15-10-6-11-23-15/h3-6,8-11,14H,2,7,12H2,1H3,(H,19,22)/t14-/m1/s1. The molecular formula is C18H19N3O3S. The van der Waals surface area contributed by atoms with Gasteiger partial charge >= 0.3 is 0 Å². The van der Waals surface area contributed by atoms with Gasteiger partial charge < -0.3 is 14.2 Å². The van der Waals surface area contributed by atoms with Crippen LogP contribution in [0.5, 0.6) is 0 Å². The average molecular weight is 357 g/mol. The quantitative estimate of drug-likeness (QED) is 0.612. The van der Waals surface area contributed by atoms with Crippen LogP contribution >= 0.6 is 11.8 Å². The van der Waals surface area contributed by atoms with E-state index in [0.717, 1.165) is 18.4 Å². The summed E-state index contributed by atoms with van der Waals surface area (Å²) in [6.45, 7) is 2.10. The third-order valence-corrected chi connectivity index (χ3v) is 4.40. The first-order chi connectivity index (χ1) is 12.3. The molecule has 0 unspecified atom stereocenters. The normalized spacial score (nSPS) is 12.0. The largest absolute Gasteiger partial charge is 0.459 e. The highest BCUT2D eigenvalue weighted by Gasteiger charge is 2.16. The Morgan fingerprint density at radius 2 is 2.04 bits per heavy atom. The Balaban J connectivity index is 1.55. The fourth-order valence-corrected chi connectivity index (χ4v) is 3.00. The molecule has 2 heterocycles. The van der Waals surface area contributed by atoms with Gasteiger partial charge in [0.2, 0.25) is 5.91 Å². The summed E-state index contributed by atoms with van der Waals surface area (Å²) in [6.07, 6.45) is 3.42. The summed E-state index contributed by atoms with van der Waals surface area (Å²) in [4.78, 5) is 12.3. The van der Waals surface area contributed by atoms with Crippen molar-refractivity contribution in [1.29, 1.82) is 0 Å². The molecule has 0 spiro atoms. The Morgan fingerprint density at radius 3 is 2.76 bits per heavy atom. The fraction of sp³-hybridized carbons (Fsp3) is 0.278. The van der Waals surface area contributed by atoms with Gasteiger partial charge in [-0.25, -0.2) is 0 Å². The van der Waals surface area contributed by atoms with Crippen LogP contribution in [0.15, 0.2) is 62.8 Å². The maximum Gasteiger partial charge on any atom is 0.284 e. The van der Waals surface area contributed by atoms with Gasteiger partial charge in [-0.3, -0.25) is 4.79 Å². The number of benzene rings is 1. The number of aromatic nitrogens is 2. The molecule has 1 amide bonds. The van der Waals surface area contributed by atoms with E-state index in [1.54, 1.807) is 12.1 Å². The van der Waals surface area contributed by atoms with Crippen LogP contribution in [0.2, 0.25) is 0 Å². The summed E-state index contributed by atoms with van der Waals surface area (Å²) < 4.78 is 10.7. The van der Waals surface area contributed by atoms with Crippen LogP contribution in [-0.2, 0) is 4.79 Å². The second-order valence-electron chi connectivity index (χ2n) is 5.46. The molecule has 0 saturated heterocycles. The molecule has 7 heteroatoms. The second-order valence-corrected chi connectivity index (χ2v) is 6.39. The van der Waals surface area contributed by atoms with Crippen molar-refractivity contribution in [3.63, 3.8) is 0 Å². The van der Waals surface area contributed by atoms with Crippen LogP contribution in [0, 0.1) is 0 Å². The number of nitrogens with zero attached hydrogens (tertiary/aromatic N) is 2.